The minimum Gasteiger partial charge on any atom is -0.258 e. The van der Waals surface area contributed by atoms with Gasteiger partial charge in [-0.1, -0.05) is 36.4 Å². The van der Waals surface area contributed by atoms with Crippen molar-refractivity contribution in [2.75, 3.05) is 0 Å². The maximum absolute atomic E-state index is 10.9. The Morgan fingerprint density at radius 2 is 2.11 bits per heavy atom. The fraction of sp³-hybridized carbons (Fsp3) is 0.154. The zero-order valence-electron chi connectivity index (χ0n) is 9.82. The monoisotopic (exact) mass is 243 g/mol. The lowest BCUT2D eigenvalue weighted by atomic mass is 10.2. The molecule has 0 aliphatic heterocycles. The second kappa shape index (κ2) is 5.27. The molecular weight excluding hydrogens is 230 g/mol. The molecule has 2 aromatic rings. The van der Waals surface area contributed by atoms with E-state index in [0.29, 0.717) is 18.7 Å². The molecule has 0 atom stereocenters. The van der Waals surface area contributed by atoms with Crippen LogP contribution in [0.1, 0.15) is 11.3 Å². The Bertz CT molecular complexity index is 561. The van der Waals surface area contributed by atoms with Gasteiger partial charge in [-0.2, -0.15) is 5.10 Å². The Labute approximate surface area is 105 Å². The minimum absolute atomic E-state index is 0.0471. The third-order valence-electron chi connectivity index (χ3n) is 2.64. The number of nitro groups is 1. The Hall–Kier alpha value is -2.43. The number of hydrogen-bond donors (Lipinski definition) is 0. The molecule has 0 fully saturated rings. The minimum atomic E-state index is -0.409. The van der Waals surface area contributed by atoms with Crippen LogP contribution in [-0.4, -0.2) is 14.7 Å². The van der Waals surface area contributed by atoms with Crippen molar-refractivity contribution in [3.63, 3.8) is 0 Å². The fourth-order valence-electron chi connectivity index (χ4n) is 1.79. The van der Waals surface area contributed by atoms with Crippen LogP contribution in [0, 0.1) is 10.1 Å². The van der Waals surface area contributed by atoms with Crippen LogP contribution in [0.4, 0.5) is 5.69 Å². The molecule has 0 amide bonds. The van der Waals surface area contributed by atoms with Gasteiger partial charge in [-0.05, 0) is 5.56 Å². The summed E-state index contributed by atoms with van der Waals surface area (Å²) >= 11 is 0. The van der Waals surface area contributed by atoms with Gasteiger partial charge in [0, 0.05) is 6.42 Å². The van der Waals surface area contributed by atoms with Gasteiger partial charge >= 0.3 is 5.69 Å². The highest BCUT2D eigenvalue weighted by Crippen LogP contribution is 2.19. The Balaban J connectivity index is 2.33. The van der Waals surface area contributed by atoms with Crippen LogP contribution >= 0.6 is 0 Å². The van der Waals surface area contributed by atoms with Gasteiger partial charge in [-0.3, -0.25) is 14.8 Å². The summed E-state index contributed by atoms with van der Waals surface area (Å²) in [5.41, 5.74) is 1.69. The van der Waals surface area contributed by atoms with Gasteiger partial charge in [0.25, 0.3) is 0 Å². The smallest absolute Gasteiger partial charge is 0.258 e. The summed E-state index contributed by atoms with van der Waals surface area (Å²) in [5.74, 6) is 0. The third kappa shape index (κ3) is 2.45. The first-order chi connectivity index (χ1) is 8.72. The van der Waals surface area contributed by atoms with Gasteiger partial charge in [0.05, 0.1) is 11.5 Å². The molecule has 0 N–H and O–H groups in total. The summed E-state index contributed by atoms with van der Waals surface area (Å²) in [7, 11) is 0. The molecule has 5 heteroatoms. The molecule has 0 radical (unpaired) electrons. The second-order valence-corrected chi connectivity index (χ2v) is 3.87. The number of benzene rings is 1. The third-order valence-corrected chi connectivity index (χ3v) is 2.64. The summed E-state index contributed by atoms with van der Waals surface area (Å²) < 4.78 is 1.65. The van der Waals surface area contributed by atoms with Crippen LogP contribution in [-0.2, 0) is 13.0 Å². The van der Waals surface area contributed by atoms with Crippen molar-refractivity contribution in [1.82, 2.24) is 9.78 Å². The van der Waals surface area contributed by atoms with Crippen molar-refractivity contribution in [3.05, 3.63) is 70.6 Å². The maximum atomic E-state index is 10.9. The molecule has 5 nitrogen and oxygen atoms in total. The van der Waals surface area contributed by atoms with Crippen molar-refractivity contribution in [2.24, 2.45) is 0 Å². The highest BCUT2D eigenvalue weighted by Gasteiger charge is 2.19. The van der Waals surface area contributed by atoms with E-state index in [1.54, 1.807) is 10.8 Å². The lowest BCUT2D eigenvalue weighted by molar-refractivity contribution is -0.385. The first kappa shape index (κ1) is 12.0. The van der Waals surface area contributed by atoms with Crippen molar-refractivity contribution < 1.29 is 4.92 Å². The molecule has 0 spiro atoms. The highest BCUT2D eigenvalue weighted by molar-refractivity contribution is 5.35. The SMILES string of the molecule is C=CCc1c([N+](=O)[O-])cnn1Cc1ccccc1. The van der Waals surface area contributed by atoms with Gasteiger partial charge < -0.3 is 0 Å². The summed E-state index contributed by atoms with van der Waals surface area (Å²) in [6.45, 7) is 4.15. The summed E-state index contributed by atoms with van der Waals surface area (Å²) in [6, 6.07) is 9.72. The predicted octanol–water partition coefficient (Wildman–Crippen LogP) is 2.57. The second-order valence-electron chi connectivity index (χ2n) is 3.87. The molecular formula is C13H13N3O2. The van der Waals surface area contributed by atoms with E-state index in [2.05, 4.69) is 11.7 Å². The normalized spacial score (nSPS) is 10.2. The summed E-state index contributed by atoms with van der Waals surface area (Å²) in [6.07, 6.45) is 3.37. The summed E-state index contributed by atoms with van der Waals surface area (Å²) in [4.78, 5) is 10.5. The van der Waals surface area contributed by atoms with E-state index in [9.17, 15) is 10.1 Å². The molecule has 92 valence electrons. The molecule has 0 saturated carbocycles. The molecule has 1 heterocycles. The van der Waals surface area contributed by atoms with Crippen molar-refractivity contribution in [1.29, 1.82) is 0 Å². The Morgan fingerprint density at radius 1 is 1.39 bits per heavy atom. The average Bonchev–Trinajstić information content (AvgIpc) is 2.74. The highest BCUT2D eigenvalue weighted by atomic mass is 16.6. The van der Waals surface area contributed by atoms with Crippen LogP contribution in [0.5, 0.6) is 0 Å². The van der Waals surface area contributed by atoms with E-state index < -0.39 is 4.92 Å². The van der Waals surface area contributed by atoms with Crippen LogP contribution < -0.4 is 0 Å². The topological polar surface area (TPSA) is 61.0 Å². The molecule has 1 aromatic carbocycles. The molecule has 0 aliphatic carbocycles. The van der Waals surface area contributed by atoms with Crippen molar-refractivity contribution in [2.45, 2.75) is 13.0 Å². The fourth-order valence-corrected chi connectivity index (χ4v) is 1.79. The van der Waals surface area contributed by atoms with Crippen LogP contribution in [0.25, 0.3) is 0 Å². The zero-order valence-corrected chi connectivity index (χ0v) is 9.82. The largest absolute Gasteiger partial charge is 0.310 e. The van der Waals surface area contributed by atoms with E-state index in [4.69, 9.17) is 0 Å². The average molecular weight is 243 g/mol. The number of allylic oxidation sites excluding steroid dienone is 1. The van der Waals surface area contributed by atoms with Gasteiger partial charge in [0.15, 0.2) is 0 Å². The molecule has 1 aromatic heterocycles. The van der Waals surface area contributed by atoms with Gasteiger partial charge in [-0.25, -0.2) is 0 Å². The van der Waals surface area contributed by atoms with E-state index in [1.807, 2.05) is 30.3 Å². The number of hydrogen-bond acceptors (Lipinski definition) is 3. The van der Waals surface area contributed by atoms with E-state index in [1.165, 1.54) is 6.20 Å². The predicted molar refractivity (Wildman–Crippen MR) is 68.3 cm³/mol. The molecule has 2 rings (SSSR count). The van der Waals surface area contributed by atoms with Crippen LogP contribution in [0.2, 0.25) is 0 Å². The Morgan fingerprint density at radius 3 is 2.72 bits per heavy atom. The molecule has 18 heavy (non-hydrogen) atoms. The Kier molecular flexibility index (Phi) is 3.52. The summed E-state index contributed by atoms with van der Waals surface area (Å²) in [5, 5.41) is 15.0. The lowest BCUT2D eigenvalue weighted by Crippen LogP contribution is -2.06. The van der Waals surface area contributed by atoms with Crippen LogP contribution in [0.3, 0.4) is 0 Å². The van der Waals surface area contributed by atoms with E-state index in [0.717, 1.165) is 5.56 Å². The number of rotatable bonds is 5. The molecule has 0 saturated heterocycles. The van der Waals surface area contributed by atoms with Crippen molar-refractivity contribution in [3.8, 4) is 0 Å². The van der Waals surface area contributed by atoms with Gasteiger partial charge in [-0.15, -0.1) is 6.58 Å². The molecule has 0 unspecified atom stereocenters. The first-order valence-corrected chi connectivity index (χ1v) is 5.56. The van der Waals surface area contributed by atoms with E-state index in [-0.39, 0.29) is 5.69 Å². The quantitative estimate of drug-likeness (QED) is 0.460. The number of aromatic nitrogens is 2. The molecule has 0 bridgehead atoms. The standard InChI is InChI=1S/C13H13N3O2/c1-2-6-12-13(16(17)18)9-14-15(12)10-11-7-4-3-5-8-11/h2-5,7-9H,1,6,10H2. The van der Waals surface area contributed by atoms with Gasteiger partial charge in [0.1, 0.15) is 11.9 Å². The van der Waals surface area contributed by atoms with Gasteiger partial charge in [0.2, 0.25) is 0 Å². The number of nitrogens with zero attached hydrogens (tertiary/aromatic N) is 3. The van der Waals surface area contributed by atoms with Crippen LogP contribution in [0.15, 0.2) is 49.2 Å². The zero-order chi connectivity index (χ0) is 13.0. The first-order valence-electron chi connectivity index (χ1n) is 5.56. The van der Waals surface area contributed by atoms with E-state index >= 15 is 0 Å². The lowest BCUT2D eigenvalue weighted by Gasteiger charge is -2.05. The van der Waals surface area contributed by atoms with Crippen molar-refractivity contribution >= 4 is 5.69 Å². The maximum Gasteiger partial charge on any atom is 0.310 e. The molecule has 0 aliphatic rings.